The van der Waals surface area contributed by atoms with Crippen LogP contribution in [-0.4, -0.2) is 24.1 Å². The maximum Gasteiger partial charge on any atom is 0.329 e. The summed E-state index contributed by atoms with van der Waals surface area (Å²) in [7, 11) is 0. The molecule has 0 aliphatic carbocycles. The van der Waals surface area contributed by atoms with Crippen LogP contribution in [0.5, 0.6) is 0 Å². The van der Waals surface area contributed by atoms with Crippen LogP contribution in [0, 0.1) is 0 Å². The highest BCUT2D eigenvalue weighted by atomic mass is 16.2. The first kappa shape index (κ1) is 17.9. The first-order valence-corrected chi connectivity index (χ1v) is 7.84. The minimum atomic E-state index is -0.710. The highest BCUT2D eigenvalue weighted by Crippen LogP contribution is 2.00. The Kier molecular flexibility index (Phi) is 8.57. The molecule has 1 aromatic carbocycles. The van der Waals surface area contributed by atoms with Crippen LogP contribution in [0.4, 0.5) is 0 Å². The molecular formula is C17H25N3O2. The predicted octanol–water partition coefficient (Wildman–Crippen LogP) is 2.42. The zero-order chi connectivity index (χ0) is 16.2. The van der Waals surface area contributed by atoms with Crippen molar-refractivity contribution in [2.75, 3.05) is 6.54 Å². The summed E-state index contributed by atoms with van der Waals surface area (Å²) < 4.78 is 0. The third kappa shape index (κ3) is 7.02. The van der Waals surface area contributed by atoms with Crippen molar-refractivity contribution in [2.45, 2.75) is 46.0 Å². The summed E-state index contributed by atoms with van der Waals surface area (Å²) >= 11 is 0. The van der Waals surface area contributed by atoms with Crippen LogP contribution in [0.1, 0.15) is 45.1 Å². The third-order valence-corrected chi connectivity index (χ3v) is 3.14. The highest BCUT2D eigenvalue weighted by molar-refractivity contribution is 6.35. The highest BCUT2D eigenvalue weighted by Gasteiger charge is 2.12. The van der Waals surface area contributed by atoms with Gasteiger partial charge in [-0.05, 0) is 24.8 Å². The number of benzene rings is 1. The van der Waals surface area contributed by atoms with Gasteiger partial charge in [0.1, 0.15) is 0 Å². The summed E-state index contributed by atoms with van der Waals surface area (Å²) in [6, 6.07) is 9.80. The summed E-state index contributed by atoms with van der Waals surface area (Å²) in [6.45, 7) is 4.54. The molecule has 0 saturated heterocycles. The lowest BCUT2D eigenvalue weighted by Gasteiger charge is -2.06. The van der Waals surface area contributed by atoms with Crippen LogP contribution < -0.4 is 10.7 Å². The van der Waals surface area contributed by atoms with Gasteiger partial charge in [0.05, 0.1) is 0 Å². The Morgan fingerprint density at radius 2 is 1.64 bits per heavy atom. The molecule has 0 unspecified atom stereocenters. The molecule has 5 nitrogen and oxygen atoms in total. The van der Waals surface area contributed by atoms with Gasteiger partial charge in [0.2, 0.25) is 0 Å². The van der Waals surface area contributed by atoms with Gasteiger partial charge >= 0.3 is 11.8 Å². The normalized spacial score (nSPS) is 9.91. The van der Waals surface area contributed by atoms with Gasteiger partial charge in [0.25, 0.3) is 0 Å². The molecule has 5 heteroatoms. The Bertz CT molecular complexity index is 490. The first-order chi connectivity index (χ1) is 10.7. The average Bonchev–Trinajstić information content (AvgIpc) is 2.53. The van der Waals surface area contributed by atoms with Crippen LogP contribution in [0.15, 0.2) is 35.4 Å². The van der Waals surface area contributed by atoms with E-state index < -0.39 is 11.8 Å². The molecule has 0 aliphatic rings. The van der Waals surface area contributed by atoms with Crippen molar-refractivity contribution < 1.29 is 9.59 Å². The number of rotatable bonds is 8. The van der Waals surface area contributed by atoms with Crippen molar-refractivity contribution in [1.82, 2.24) is 10.7 Å². The lowest BCUT2D eigenvalue weighted by molar-refractivity contribution is -0.139. The quantitative estimate of drug-likeness (QED) is 0.440. The van der Waals surface area contributed by atoms with Gasteiger partial charge < -0.3 is 5.32 Å². The van der Waals surface area contributed by atoms with E-state index in [0.717, 1.165) is 37.0 Å². The number of carbonyl (C=O) groups excluding carboxylic acids is 2. The number of hydrogen-bond donors (Lipinski definition) is 2. The molecule has 0 spiro atoms. The maximum atomic E-state index is 11.7. The molecule has 2 amide bonds. The molecule has 0 aliphatic heterocycles. The third-order valence-electron chi connectivity index (χ3n) is 3.14. The van der Waals surface area contributed by atoms with Crippen molar-refractivity contribution in [3.05, 3.63) is 35.9 Å². The van der Waals surface area contributed by atoms with Crippen LogP contribution >= 0.6 is 0 Å². The second-order valence-corrected chi connectivity index (χ2v) is 5.11. The number of hydrazone groups is 1. The smallest absolute Gasteiger partial charge is 0.329 e. The van der Waals surface area contributed by atoms with E-state index in [1.165, 1.54) is 0 Å². The molecule has 0 bridgehead atoms. The molecule has 0 atom stereocenters. The van der Waals surface area contributed by atoms with Crippen molar-refractivity contribution in [2.24, 2.45) is 5.10 Å². The summed E-state index contributed by atoms with van der Waals surface area (Å²) in [5, 5.41) is 6.65. The summed E-state index contributed by atoms with van der Waals surface area (Å²) in [5.41, 5.74) is 4.38. The Hall–Kier alpha value is -2.17. The number of carbonyl (C=O) groups is 2. The molecule has 2 N–H and O–H groups in total. The van der Waals surface area contributed by atoms with Gasteiger partial charge in [-0.1, -0.05) is 57.0 Å². The molecular weight excluding hydrogens is 278 g/mol. The van der Waals surface area contributed by atoms with Crippen molar-refractivity contribution in [3.8, 4) is 0 Å². The zero-order valence-electron chi connectivity index (χ0n) is 13.4. The first-order valence-electron chi connectivity index (χ1n) is 7.84. The summed E-state index contributed by atoms with van der Waals surface area (Å²) in [5.74, 6) is -1.36. The van der Waals surface area contributed by atoms with Gasteiger partial charge in [0, 0.05) is 12.3 Å². The monoisotopic (exact) mass is 303 g/mol. The molecule has 1 rings (SSSR count). The van der Waals surface area contributed by atoms with E-state index in [9.17, 15) is 9.59 Å². The second kappa shape index (κ2) is 10.5. The SMILES string of the molecule is CCCC(CCC)=NNC(=O)C(=O)NCCc1ccccc1. The van der Waals surface area contributed by atoms with E-state index in [-0.39, 0.29) is 0 Å². The van der Waals surface area contributed by atoms with Gasteiger partial charge in [-0.15, -0.1) is 0 Å². The lowest BCUT2D eigenvalue weighted by atomic mass is 10.1. The zero-order valence-corrected chi connectivity index (χ0v) is 13.4. The van der Waals surface area contributed by atoms with E-state index in [1.54, 1.807) is 0 Å². The molecule has 22 heavy (non-hydrogen) atoms. The number of nitrogens with one attached hydrogen (secondary N) is 2. The van der Waals surface area contributed by atoms with E-state index in [0.29, 0.717) is 13.0 Å². The Labute approximate surface area is 132 Å². The lowest BCUT2D eigenvalue weighted by Crippen LogP contribution is -2.39. The van der Waals surface area contributed by atoms with Crippen LogP contribution in [0.2, 0.25) is 0 Å². The van der Waals surface area contributed by atoms with Crippen molar-refractivity contribution >= 4 is 17.5 Å². The topological polar surface area (TPSA) is 70.6 Å². The standard InChI is InChI=1S/C17H25N3O2/c1-3-8-15(9-4-2)19-20-17(22)16(21)18-13-12-14-10-6-5-7-11-14/h5-7,10-11H,3-4,8-9,12-13H2,1-2H3,(H,18,21)(H,20,22). The van der Waals surface area contributed by atoms with Gasteiger partial charge in [0.15, 0.2) is 0 Å². The average molecular weight is 303 g/mol. The summed E-state index contributed by atoms with van der Waals surface area (Å²) in [4.78, 5) is 23.3. The van der Waals surface area contributed by atoms with E-state index in [2.05, 4.69) is 29.7 Å². The molecule has 120 valence electrons. The van der Waals surface area contributed by atoms with Gasteiger partial charge in [-0.25, -0.2) is 5.43 Å². The number of amides is 2. The second-order valence-electron chi connectivity index (χ2n) is 5.11. The fourth-order valence-electron chi connectivity index (χ4n) is 2.04. The minimum Gasteiger partial charge on any atom is -0.347 e. The maximum absolute atomic E-state index is 11.7. The Balaban J connectivity index is 2.35. The van der Waals surface area contributed by atoms with Crippen LogP contribution in [-0.2, 0) is 16.0 Å². The van der Waals surface area contributed by atoms with E-state index in [1.807, 2.05) is 30.3 Å². The van der Waals surface area contributed by atoms with Gasteiger partial charge in [-0.2, -0.15) is 5.10 Å². The number of nitrogens with zero attached hydrogens (tertiary/aromatic N) is 1. The van der Waals surface area contributed by atoms with Gasteiger partial charge in [-0.3, -0.25) is 9.59 Å². The Morgan fingerprint density at radius 3 is 2.23 bits per heavy atom. The largest absolute Gasteiger partial charge is 0.347 e. The molecule has 0 heterocycles. The van der Waals surface area contributed by atoms with Crippen LogP contribution in [0.25, 0.3) is 0 Å². The molecule has 0 saturated carbocycles. The van der Waals surface area contributed by atoms with E-state index in [4.69, 9.17) is 0 Å². The molecule has 1 aromatic rings. The molecule has 0 radical (unpaired) electrons. The summed E-state index contributed by atoms with van der Waals surface area (Å²) in [6.07, 6.45) is 4.31. The Morgan fingerprint density at radius 1 is 1.00 bits per heavy atom. The molecule has 0 fully saturated rings. The minimum absolute atomic E-state index is 0.427. The fraction of sp³-hybridized carbons (Fsp3) is 0.471. The van der Waals surface area contributed by atoms with Crippen molar-refractivity contribution in [1.29, 1.82) is 0 Å². The van der Waals surface area contributed by atoms with E-state index >= 15 is 0 Å². The molecule has 0 aromatic heterocycles. The fourth-order valence-corrected chi connectivity index (χ4v) is 2.04. The van der Waals surface area contributed by atoms with Crippen molar-refractivity contribution in [3.63, 3.8) is 0 Å². The predicted molar refractivity (Wildman–Crippen MR) is 88.5 cm³/mol. The number of hydrogen-bond acceptors (Lipinski definition) is 3. The van der Waals surface area contributed by atoms with Crippen LogP contribution in [0.3, 0.4) is 0 Å².